The van der Waals surface area contributed by atoms with Gasteiger partial charge in [0.1, 0.15) is 0 Å². The van der Waals surface area contributed by atoms with Crippen molar-refractivity contribution in [3.63, 3.8) is 0 Å². The van der Waals surface area contributed by atoms with Crippen LogP contribution >= 0.6 is 0 Å². The summed E-state index contributed by atoms with van der Waals surface area (Å²) in [4.78, 5) is 4.10. The zero-order valence-corrected chi connectivity index (χ0v) is 26.2. The minimum absolute atomic E-state index is 0.0497. The third-order valence-electron chi connectivity index (χ3n) is 3.91. The van der Waals surface area contributed by atoms with Crippen LogP contribution in [0.5, 0.6) is 0 Å². The predicted octanol–water partition coefficient (Wildman–Crippen LogP) is 4.77. The Morgan fingerprint density at radius 3 is 0.953 bits per heavy atom. The standard InChI is InChI=1S/C22H23S.4FHO3S/c1-22(2,3)18-14-16-21(17-15-18)23(19-10-6-4-7-11-19)20-12-8-5-9-13-20;4*1-5(2,3)4/h4-17H,1-3H3;4*(H,2,3,4)/q+1;;;;/p-1. The first kappa shape index (κ1) is 42.5. The largest absolute Gasteiger partial charge is 0.722 e. The molecule has 3 N–H and O–H groups in total. The van der Waals surface area contributed by atoms with E-state index < -0.39 is 42.0 Å². The van der Waals surface area contributed by atoms with Crippen molar-refractivity contribution in [3.05, 3.63) is 90.5 Å². The van der Waals surface area contributed by atoms with Gasteiger partial charge >= 0.3 is 31.5 Å². The van der Waals surface area contributed by atoms with Crippen LogP contribution in [0.25, 0.3) is 0 Å². The van der Waals surface area contributed by atoms with Crippen LogP contribution < -0.4 is 0 Å². The molecule has 244 valence electrons. The molecule has 0 atom stereocenters. The summed E-state index contributed by atoms with van der Waals surface area (Å²) in [7, 11) is -21.0. The van der Waals surface area contributed by atoms with E-state index >= 15 is 0 Å². The summed E-state index contributed by atoms with van der Waals surface area (Å²) in [5, 5.41) is 0. The van der Waals surface area contributed by atoms with Crippen molar-refractivity contribution < 1.29 is 67.4 Å². The fourth-order valence-corrected chi connectivity index (χ4v) is 4.70. The Labute approximate surface area is 250 Å². The smallest absolute Gasteiger partial charge is 0.435 e. The molecule has 0 bridgehead atoms. The number of benzene rings is 3. The fraction of sp³-hybridized carbons (Fsp3) is 0.182. The van der Waals surface area contributed by atoms with E-state index in [0.717, 1.165) is 0 Å². The second-order valence-corrected chi connectivity index (χ2v) is 13.6. The average Bonchev–Trinajstić information content (AvgIpc) is 2.76. The third kappa shape index (κ3) is 32.1. The van der Waals surface area contributed by atoms with Crippen LogP contribution in [0.2, 0.25) is 0 Å². The summed E-state index contributed by atoms with van der Waals surface area (Å²) in [5.41, 5.74) is 1.57. The van der Waals surface area contributed by atoms with Gasteiger partial charge in [0.15, 0.2) is 14.7 Å². The van der Waals surface area contributed by atoms with Crippen LogP contribution in [-0.2, 0) is 58.3 Å². The van der Waals surface area contributed by atoms with E-state index in [4.69, 9.17) is 51.9 Å². The van der Waals surface area contributed by atoms with Gasteiger partial charge < -0.3 is 4.55 Å². The van der Waals surface area contributed by atoms with Gasteiger partial charge in [-0.3, -0.25) is 13.7 Å². The highest BCUT2D eigenvalue weighted by Crippen LogP contribution is 2.32. The summed E-state index contributed by atoms with van der Waals surface area (Å²) < 4.78 is 138. The molecule has 43 heavy (non-hydrogen) atoms. The first-order valence-electron chi connectivity index (χ1n) is 10.7. The molecule has 0 amide bonds. The van der Waals surface area contributed by atoms with Gasteiger partial charge in [-0.15, -0.1) is 3.89 Å². The topological polar surface area (TPSA) is 220 Å². The molecule has 0 saturated carbocycles. The molecule has 3 aromatic rings. The molecule has 0 fully saturated rings. The van der Waals surface area contributed by atoms with Crippen LogP contribution in [0.4, 0.5) is 15.5 Å². The zero-order valence-electron chi connectivity index (χ0n) is 22.2. The Bertz CT molecular complexity index is 1470. The molecule has 21 heteroatoms. The molecule has 0 aliphatic carbocycles. The molecule has 0 radical (unpaired) electrons. The van der Waals surface area contributed by atoms with Gasteiger partial charge in [0.25, 0.3) is 10.5 Å². The van der Waals surface area contributed by atoms with Gasteiger partial charge in [0.2, 0.25) is 0 Å². The Morgan fingerprint density at radius 1 is 0.535 bits per heavy atom. The molecular weight excluding hydrogens is 693 g/mol. The lowest BCUT2D eigenvalue weighted by Crippen LogP contribution is -2.11. The molecule has 0 aromatic heterocycles. The lowest BCUT2D eigenvalue weighted by atomic mass is 9.87. The number of hydrogen-bond acceptors (Lipinski definition) is 9. The van der Waals surface area contributed by atoms with Crippen LogP contribution in [0.15, 0.2) is 99.6 Å². The SMILES string of the molecule is CC(C)(C)c1ccc([S+](c2ccccc2)c2ccccc2)cc1.O=S(=O)(O)F.O=S(=O)(O)F.O=S(=O)(O)F.O=S(=O)([O-])F. The Morgan fingerprint density at radius 2 is 0.744 bits per heavy atom. The Hall–Kier alpha value is -2.63. The first-order valence-corrected chi connectivity index (χ1v) is 17.2. The van der Waals surface area contributed by atoms with E-state index in [2.05, 4.69) is 106 Å². The van der Waals surface area contributed by atoms with E-state index in [1.165, 1.54) is 20.2 Å². The molecule has 0 unspecified atom stereocenters. The quantitative estimate of drug-likeness (QED) is 0.144. The average molecular weight is 719 g/mol. The highest BCUT2D eigenvalue weighted by Gasteiger charge is 2.28. The lowest BCUT2D eigenvalue weighted by Gasteiger charge is -2.19. The maximum atomic E-state index is 10.2. The van der Waals surface area contributed by atoms with Gasteiger partial charge in [0.05, 0.1) is 10.9 Å². The molecule has 3 aromatic carbocycles. The summed E-state index contributed by atoms with van der Waals surface area (Å²) >= 11 is 0. The Kier molecular flexibility index (Phi) is 18.0. The van der Waals surface area contributed by atoms with Crippen LogP contribution in [0, 0.1) is 0 Å². The molecule has 0 aliphatic rings. The summed E-state index contributed by atoms with van der Waals surface area (Å²) in [6.45, 7) is 6.78. The van der Waals surface area contributed by atoms with E-state index in [1.807, 2.05) is 0 Å². The van der Waals surface area contributed by atoms with Crippen LogP contribution in [0.3, 0.4) is 0 Å². The van der Waals surface area contributed by atoms with Gasteiger partial charge in [0, 0.05) is 0 Å². The third-order valence-corrected chi connectivity index (χ3v) is 6.14. The van der Waals surface area contributed by atoms with Gasteiger partial charge in [-0.2, -0.15) is 25.3 Å². The van der Waals surface area contributed by atoms with Crippen LogP contribution in [-0.4, -0.2) is 51.9 Å². The summed E-state index contributed by atoms with van der Waals surface area (Å²) in [6, 6.07) is 30.7. The molecule has 0 heterocycles. The van der Waals surface area contributed by atoms with Crippen molar-refractivity contribution in [3.8, 4) is 0 Å². The van der Waals surface area contributed by atoms with E-state index in [0.29, 0.717) is 0 Å². The van der Waals surface area contributed by atoms with Crippen molar-refractivity contribution in [1.82, 2.24) is 0 Å². The van der Waals surface area contributed by atoms with Gasteiger partial charge in [-0.05, 0) is 47.4 Å². The van der Waals surface area contributed by atoms with Crippen molar-refractivity contribution in [2.45, 2.75) is 40.9 Å². The molecular formula is C22H26F4O12S5. The minimum atomic E-state index is -5.42. The monoisotopic (exact) mass is 718 g/mol. The number of halogens is 4. The van der Waals surface area contributed by atoms with Gasteiger partial charge in [-0.1, -0.05) is 81.0 Å². The van der Waals surface area contributed by atoms with E-state index in [1.54, 1.807) is 0 Å². The second-order valence-electron chi connectivity index (χ2n) is 8.34. The normalized spacial score (nSPS) is 11.6. The lowest BCUT2D eigenvalue weighted by molar-refractivity contribution is 0.416. The molecule has 0 spiro atoms. The predicted molar refractivity (Wildman–Crippen MR) is 149 cm³/mol. The minimum Gasteiger partial charge on any atom is -0.722 e. The first-order chi connectivity index (χ1) is 19.1. The maximum absolute atomic E-state index is 10.2. The van der Waals surface area contributed by atoms with Gasteiger partial charge in [-0.25, -0.2) is 8.42 Å². The van der Waals surface area contributed by atoms with Crippen LogP contribution in [0.1, 0.15) is 26.3 Å². The molecule has 3 rings (SSSR count). The van der Waals surface area contributed by atoms with Crippen molar-refractivity contribution in [2.75, 3.05) is 0 Å². The van der Waals surface area contributed by atoms with Crippen molar-refractivity contribution >= 4 is 52.9 Å². The molecule has 0 aliphatic heterocycles. The molecule has 12 nitrogen and oxygen atoms in total. The summed E-state index contributed by atoms with van der Waals surface area (Å²) in [6.07, 6.45) is 0. The van der Waals surface area contributed by atoms with E-state index in [-0.39, 0.29) is 16.3 Å². The number of hydrogen-bond donors (Lipinski definition) is 3. The second kappa shape index (κ2) is 18.2. The Balaban J connectivity index is 0. The fourth-order valence-electron chi connectivity index (χ4n) is 2.61. The molecule has 0 saturated heterocycles. The maximum Gasteiger partial charge on any atom is 0.435 e. The summed E-state index contributed by atoms with van der Waals surface area (Å²) in [5.74, 6) is 0. The highest BCUT2D eigenvalue weighted by molar-refractivity contribution is 7.97. The number of rotatable bonds is 3. The van der Waals surface area contributed by atoms with E-state index in [9.17, 15) is 15.5 Å². The van der Waals surface area contributed by atoms with Crippen molar-refractivity contribution in [1.29, 1.82) is 0 Å². The zero-order chi connectivity index (χ0) is 34.3. The van der Waals surface area contributed by atoms with Crippen molar-refractivity contribution in [2.24, 2.45) is 0 Å². The highest BCUT2D eigenvalue weighted by atomic mass is 32.3.